The SMILES string of the molecule is C[C@@H](C(=O)Nc1cccc(C#N)c1)N(C)C[C@@H]1COc2ccccc2O1. The molecule has 0 saturated carbocycles. The number of fused-ring (bicyclic) bond motifs is 1. The van der Waals surface area contributed by atoms with Crippen LogP contribution in [0.3, 0.4) is 0 Å². The standard InChI is InChI=1S/C20H21N3O3/c1-14(20(24)22-16-7-5-6-15(10-16)11-21)23(2)12-17-13-25-18-8-3-4-9-19(18)26-17/h3-10,14,17H,12-13H2,1-2H3,(H,22,24)/t14-,17+/m0/s1. The van der Waals surface area contributed by atoms with E-state index in [9.17, 15) is 4.79 Å². The van der Waals surface area contributed by atoms with Gasteiger partial charge in [-0.3, -0.25) is 9.69 Å². The van der Waals surface area contributed by atoms with Gasteiger partial charge >= 0.3 is 0 Å². The largest absolute Gasteiger partial charge is 0.486 e. The van der Waals surface area contributed by atoms with Gasteiger partial charge in [-0.05, 0) is 44.3 Å². The monoisotopic (exact) mass is 351 g/mol. The fourth-order valence-corrected chi connectivity index (χ4v) is 2.75. The maximum Gasteiger partial charge on any atom is 0.241 e. The normalized spacial score (nSPS) is 16.6. The zero-order valence-electron chi connectivity index (χ0n) is 14.8. The van der Waals surface area contributed by atoms with Gasteiger partial charge in [-0.15, -0.1) is 0 Å². The molecule has 1 aliphatic rings. The number of nitrogens with zero attached hydrogens (tertiary/aromatic N) is 2. The molecule has 0 spiro atoms. The molecular formula is C20H21N3O3. The third kappa shape index (κ3) is 4.13. The maximum absolute atomic E-state index is 12.5. The van der Waals surface area contributed by atoms with Gasteiger partial charge < -0.3 is 14.8 Å². The van der Waals surface area contributed by atoms with E-state index in [1.54, 1.807) is 24.3 Å². The van der Waals surface area contributed by atoms with Crippen LogP contribution < -0.4 is 14.8 Å². The summed E-state index contributed by atoms with van der Waals surface area (Å²) in [6, 6.07) is 16.1. The Morgan fingerprint density at radius 3 is 2.85 bits per heavy atom. The lowest BCUT2D eigenvalue weighted by atomic mass is 10.2. The summed E-state index contributed by atoms with van der Waals surface area (Å²) in [4.78, 5) is 14.4. The topological polar surface area (TPSA) is 74.6 Å². The number of hydrogen-bond acceptors (Lipinski definition) is 5. The van der Waals surface area contributed by atoms with Gasteiger partial charge in [-0.1, -0.05) is 18.2 Å². The van der Waals surface area contributed by atoms with Gasteiger partial charge in [0.15, 0.2) is 11.5 Å². The molecule has 1 aliphatic heterocycles. The van der Waals surface area contributed by atoms with E-state index >= 15 is 0 Å². The number of nitrogens with one attached hydrogen (secondary N) is 1. The van der Waals surface area contributed by atoms with Crippen molar-refractivity contribution >= 4 is 11.6 Å². The van der Waals surface area contributed by atoms with Gasteiger partial charge in [0.1, 0.15) is 12.7 Å². The number of rotatable bonds is 5. The van der Waals surface area contributed by atoms with Gasteiger partial charge in [0.2, 0.25) is 5.91 Å². The van der Waals surface area contributed by atoms with Crippen LogP contribution in [0.15, 0.2) is 48.5 Å². The van der Waals surface area contributed by atoms with Crippen molar-refractivity contribution in [1.82, 2.24) is 4.90 Å². The van der Waals surface area contributed by atoms with Gasteiger partial charge in [-0.25, -0.2) is 0 Å². The van der Waals surface area contributed by atoms with Crippen molar-refractivity contribution in [1.29, 1.82) is 5.26 Å². The summed E-state index contributed by atoms with van der Waals surface area (Å²) in [6.07, 6.45) is -0.146. The Morgan fingerprint density at radius 1 is 1.31 bits per heavy atom. The molecule has 134 valence electrons. The molecule has 2 atom stereocenters. The molecule has 2 aromatic rings. The number of amides is 1. The molecule has 0 radical (unpaired) electrons. The number of hydrogen-bond donors (Lipinski definition) is 1. The number of ether oxygens (including phenoxy) is 2. The Bertz CT molecular complexity index is 831. The quantitative estimate of drug-likeness (QED) is 0.896. The van der Waals surface area contributed by atoms with Crippen molar-refractivity contribution in [3.05, 3.63) is 54.1 Å². The fraction of sp³-hybridized carbons (Fsp3) is 0.300. The third-order valence-electron chi connectivity index (χ3n) is 4.36. The van der Waals surface area contributed by atoms with Gasteiger partial charge in [-0.2, -0.15) is 5.26 Å². The van der Waals surface area contributed by atoms with Crippen LogP contribution in [0.4, 0.5) is 5.69 Å². The molecule has 0 bridgehead atoms. The summed E-state index contributed by atoms with van der Waals surface area (Å²) in [5.74, 6) is 1.33. The number of nitriles is 1. The lowest BCUT2D eigenvalue weighted by Crippen LogP contribution is -2.46. The van der Waals surface area contributed by atoms with Crippen LogP contribution in [-0.2, 0) is 4.79 Å². The van der Waals surface area contributed by atoms with E-state index in [2.05, 4.69) is 11.4 Å². The van der Waals surface area contributed by atoms with Crippen LogP contribution in [0.25, 0.3) is 0 Å². The summed E-state index contributed by atoms with van der Waals surface area (Å²) >= 11 is 0. The smallest absolute Gasteiger partial charge is 0.241 e. The highest BCUT2D eigenvalue weighted by Gasteiger charge is 2.26. The summed E-state index contributed by atoms with van der Waals surface area (Å²) in [6.45, 7) is 2.84. The van der Waals surface area contributed by atoms with Crippen LogP contribution in [0.5, 0.6) is 11.5 Å². The number of benzene rings is 2. The molecule has 6 heteroatoms. The van der Waals surface area contributed by atoms with E-state index in [0.717, 1.165) is 11.5 Å². The van der Waals surface area contributed by atoms with Crippen molar-refractivity contribution in [2.75, 3.05) is 25.5 Å². The van der Waals surface area contributed by atoms with Gasteiger partial charge in [0.05, 0.1) is 17.7 Å². The second-order valence-corrected chi connectivity index (χ2v) is 6.30. The highest BCUT2D eigenvalue weighted by molar-refractivity contribution is 5.94. The minimum Gasteiger partial charge on any atom is -0.486 e. The number of anilines is 1. The number of carbonyl (C=O) groups excluding carboxylic acids is 1. The lowest BCUT2D eigenvalue weighted by Gasteiger charge is -2.31. The Kier molecular flexibility index (Phi) is 5.40. The predicted octanol–water partition coefficient (Wildman–Crippen LogP) is 2.66. The predicted molar refractivity (Wildman–Crippen MR) is 98.2 cm³/mol. The molecule has 1 amide bonds. The number of likely N-dealkylation sites (N-methyl/N-ethyl adjacent to an activating group) is 1. The van der Waals surface area contributed by atoms with E-state index < -0.39 is 0 Å². The molecule has 6 nitrogen and oxygen atoms in total. The Labute approximate surface area is 152 Å². The van der Waals surface area contributed by atoms with Crippen molar-refractivity contribution in [3.8, 4) is 17.6 Å². The Hall–Kier alpha value is -3.04. The van der Waals surface area contributed by atoms with Gasteiger partial charge in [0, 0.05) is 12.2 Å². The average Bonchev–Trinajstić information content (AvgIpc) is 2.67. The van der Waals surface area contributed by atoms with Crippen molar-refractivity contribution in [3.63, 3.8) is 0 Å². The zero-order chi connectivity index (χ0) is 18.5. The third-order valence-corrected chi connectivity index (χ3v) is 4.36. The Balaban J connectivity index is 1.56. The summed E-state index contributed by atoms with van der Waals surface area (Å²) in [5.41, 5.74) is 1.12. The second-order valence-electron chi connectivity index (χ2n) is 6.30. The molecule has 1 N–H and O–H groups in total. The van der Waals surface area contributed by atoms with Crippen molar-refractivity contribution in [2.45, 2.75) is 19.1 Å². The summed E-state index contributed by atoms with van der Waals surface area (Å²) in [7, 11) is 1.87. The number of carbonyl (C=O) groups is 1. The average molecular weight is 351 g/mol. The molecule has 26 heavy (non-hydrogen) atoms. The van der Waals surface area contributed by atoms with E-state index in [0.29, 0.717) is 24.4 Å². The van der Waals surface area contributed by atoms with Crippen LogP contribution in [0.1, 0.15) is 12.5 Å². The second kappa shape index (κ2) is 7.89. The van der Waals surface area contributed by atoms with E-state index in [1.165, 1.54) is 0 Å². The lowest BCUT2D eigenvalue weighted by molar-refractivity contribution is -0.120. The fourth-order valence-electron chi connectivity index (χ4n) is 2.75. The van der Waals surface area contributed by atoms with E-state index in [1.807, 2.05) is 43.1 Å². The molecule has 1 heterocycles. The molecule has 3 rings (SSSR count). The molecule has 0 aliphatic carbocycles. The van der Waals surface area contributed by atoms with Crippen LogP contribution in [0.2, 0.25) is 0 Å². The van der Waals surface area contributed by atoms with Crippen LogP contribution in [0, 0.1) is 11.3 Å². The van der Waals surface area contributed by atoms with E-state index in [-0.39, 0.29) is 18.1 Å². The summed E-state index contributed by atoms with van der Waals surface area (Å²) < 4.78 is 11.7. The molecule has 0 fully saturated rings. The zero-order valence-corrected chi connectivity index (χ0v) is 14.8. The van der Waals surface area contributed by atoms with Gasteiger partial charge in [0.25, 0.3) is 0 Å². The first-order valence-electron chi connectivity index (χ1n) is 8.46. The first-order chi connectivity index (χ1) is 12.6. The molecule has 0 unspecified atom stereocenters. The van der Waals surface area contributed by atoms with Crippen LogP contribution >= 0.6 is 0 Å². The molecule has 2 aromatic carbocycles. The molecule has 0 aromatic heterocycles. The maximum atomic E-state index is 12.5. The molecular weight excluding hydrogens is 330 g/mol. The minimum atomic E-state index is -0.360. The van der Waals surface area contributed by atoms with E-state index in [4.69, 9.17) is 14.7 Å². The Morgan fingerprint density at radius 2 is 2.08 bits per heavy atom. The highest BCUT2D eigenvalue weighted by atomic mass is 16.6. The minimum absolute atomic E-state index is 0.139. The first-order valence-corrected chi connectivity index (χ1v) is 8.46. The highest BCUT2D eigenvalue weighted by Crippen LogP contribution is 2.31. The van der Waals surface area contributed by atoms with Crippen LogP contribution in [-0.4, -0.2) is 43.2 Å². The number of para-hydroxylation sites is 2. The molecule has 0 saturated heterocycles. The van der Waals surface area contributed by atoms with Crippen molar-refractivity contribution < 1.29 is 14.3 Å². The summed E-state index contributed by atoms with van der Waals surface area (Å²) in [5, 5.41) is 11.8. The first kappa shape index (κ1) is 17.8. The van der Waals surface area contributed by atoms with Crippen molar-refractivity contribution in [2.24, 2.45) is 0 Å².